The van der Waals surface area contributed by atoms with E-state index in [2.05, 4.69) is 11.9 Å². The molecular formula is C15H16N2O5S2. The fourth-order valence-corrected chi connectivity index (χ4v) is 5.02. The smallest absolute Gasteiger partial charge is 0.330 e. The van der Waals surface area contributed by atoms with Crippen LogP contribution in [0.25, 0.3) is 0 Å². The number of hydrogen-bond donors (Lipinski definition) is 2. The Morgan fingerprint density at radius 3 is 2.92 bits per heavy atom. The number of ether oxygens (including phenoxy) is 1. The summed E-state index contributed by atoms with van der Waals surface area (Å²) in [5.41, 5.74) is -1.07. The van der Waals surface area contributed by atoms with Gasteiger partial charge in [0.25, 0.3) is 11.6 Å². The molecule has 128 valence electrons. The van der Waals surface area contributed by atoms with Gasteiger partial charge in [-0.2, -0.15) is 0 Å². The number of nitrogens with one attached hydrogen (secondary N) is 1. The average Bonchev–Trinajstić information content (AvgIpc) is 3.04. The molecule has 0 spiro atoms. The highest BCUT2D eigenvalue weighted by Gasteiger charge is 2.67. The molecule has 2 fully saturated rings. The molecule has 3 rings (SSSR count). The Labute approximate surface area is 146 Å². The highest BCUT2D eigenvalue weighted by molar-refractivity contribution is 8.00. The number of thiophene rings is 1. The monoisotopic (exact) mass is 368 g/mol. The van der Waals surface area contributed by atoms with E-state index in [1.165, 1.54) is 35.1 Å². The van der Waals surface area contributed by atoms with Crippen molar-refractivity contribution in [2.45, 2.75) is 23.6 Å². The summed E-state index contributed by atoms with van der Waals surface area (Å²) in [6, 6.07) is 2.59. The van der Waals surface area contributed by atoms with Gasteiger partial charge in [0.2, 0.25) is 5.91 Å². The van der Waals surface area contributed by atoms with Gasteiger partial charge in [0, 0.05) is 17.7 Å². The SMILES string of the molecule is C=C1CS[C@@H]2N(C(=O)C2(NC(=O)Cc2cccs2)OC)C1C(=O)O. The van der Waals surface area contributed by atoms with E-state index in [9.17, 15) is 19.5 Å². The van der Waals surface area contributed by atoms with Gasteiger partial charge in [0.05, 0.1) is 6.42 Å². The first-order valence-electron chi connectivity index (χ1n) is 7.14. The molecule has 24 heavy (non-hydrogen) atoms. The number of carboxylic acids is 1. The van der Waals surface area contributed by atoms with Crippen LogP contribution in [0.3, 0.4) is 0 Å². The van der Waals surface area contributed by atoms with Crippen molar-refractivity contribution in [3.05, 3.63) is 34.5 Å². The van der Waals surface area contributed by atoms with E-state index in [0.717, 1.165) is 4.88 Å². The van der Waals surface area contributed by atoms with Gasteiger partial charge in [-0.05, 0) is 17.0 Å². The summed E-state index contributed by atoms with van der Waals surface area (Å²) in [5.74, 6) is -1.65. The zero-order valence-corrected chi connectivity index (χ0v) is 14.5. The van der Waals surface area contributed by atoms with E-state index in [1.54, 1.807) is 0 Å². The van der Waals surface area contributed by atoms with Crippen molar-refractivity contribution in [1.82, 2.24) is 10.2 Å². The van der Waals surface area contributed by atoms with Gasteiger partial charge in [0.15, 0.2) is 6.04 Å². The number of β-lactam (4-membered cyclic amide) rings is 1. The molecule has 1 aromatic heterocycles. The number of hydrogen-bond acceptors (Lipinski definition) is 6. The summed E-state index contributed by atoms with van der Waals surface area (Å²) < 4.78 is 5.35. The molecule has 0 bridgehead atoms. The van der Waals surface area contributed by atoms with Crippen molar-refractivity contribution >= 4 is 40.9 Å². The molecule has 3 heterocycles. The van der Waals surface area contributed by atoms with E-state index in [0.29, 0.717) is 11.3 Å². The number of methoxy groups -OCH3 is 1. The molecule has 2 aliphatic heterocycles. The predicted octanol–water partition coefficient (Wildman–Crippen LogP) is 0.674. The van der Waals surface area contributed by atoms with E-state index in [-0.39, 0.29) is 12.3 Å². The quantitative estimate of drug-likeness (QED) is 0.451. The Bertz CT molecular complexity index is 705. The zero-order valence-electron chi connectivity index (χ0n) is 12.9. The minimum absolute atomic E-state index is 0.141. The fraction of sp³-hybridized carbons (Fsp3) is 0.400. The summed E-state index contributed by atoms with van der Waals surface area (Å²) in [6.45, 7) is 3.73. The lowest BCUT2D eigenvalue weighted by molar-refractivity contribution is -0.201. The van der Waals surface area contributed by atoms with Gasteiger partial charge in [-0.15, -0.1) is 23.1 Å². The van der Waals surface area contributed by atoms with Crippen LogP contribution in [-0.2, 0) is 25.5 Å². The van der Waals surface area contributed by atoms with Crippen LogP contribution in [0, 0.1) is 0 Å². The highest BCUT2D eigenvalue weighted by atomic mass is 32.2. The van der Waals surface area contributed by atoms with Gasteiger partial charge in [0.1, 0.15) is 5.37 Å². The van der Waals surface area contributed by atoms with Crippen LogP contribution in [0.1, 0.15) is 4.88 Å². The first kappa shape index (κ1) is 17.0. The van der Waals surface area contributed by atoms with Crippen molar-refractivity contribution < 1.29 is 24.2 Å². The Hall–Kier alpha value is -1.84. The Morgan fingerprint density at radius 2 is 2.33 bits per heavy atom. The van der Waals surface area contributed by atoms with E-state index >= 15 is 0 Å². The number of amides is 2. The second-order valence-corrected chi connectivity index (χ2v) is 7.62. The second-order valence-electron chi connectivity index (χ2n) is 5.52. The third-order valence-electron chi connectivity index (χ3n) is 4.04. The van der Waals surface area contributed by atoms with Crippen molar-refractivity contribution in [1.29, 1.82) is 0 Å². The average molecular weight is 368 g/mol. The first-order valence-corrected chi connectivity index (χ1v) is 9.07. The summed E-state index contributed by atoms with van der Waals surface area (Å²) in [5, 5.41) is 13.3. The number of aliphatic carboxylic acids is 1. The predicted molar refractivity (Wildman–Crippen MR) is 89.6 cm³/mol. The molecule has 1 aromatic rings. The maximum Gasteiger partial charge on any atom is 0.330 e. The van der Waals surface area contributed by atoms with Crippen LogP contribution in [0.15, 0.2) is 29.7 Å². The number of carbonyl (C=O) groups is 3. The van der Waals surface area contributed by atoms with Crippen molar-refractivity contribution in [3.8, 4) is 0 Å². The van der Waals surface area contributed by atoms with E-state index in [4.69, 9.17) is 4.74 Å². The molecule has 9 heteroatoms. The third kappa shape index (κ3) is 2.52. The maximum atomic E-state index is 12.6. The van der Waals surface area contributed by atoms with E-state index in [1.807, 2.05) is 17.5 Å². The lowest BCUT2D eigenvalue weighted by Gasteiger charge is -2.58. The minimum Gasteiger partial charge on any atom is -0.479 e. The second kappa shape index (κ2) is 6.23. The molecule has 2 unspecified atom stereocenters. The van der Waals surface area contributed by atoms with Gasteiger partial charge >= 0.3 is 5.97 Å². The van der Waals surface area contributed by atoms with Crippen LogP contribution in [-0.4, -0.2) is 57.8 Å². The van der Waals surface area contributed by atoms with Crippen LogP contribution in [0.5, 0.6) is 0 Å². The molecule has 2 aliphatic rings. The van der Waals surface area contributed by atoms with Crippen LogP contribution in [0.2, 0.25) is 0 Å². The molecule has 3 atom stereocenters. The number of nitrogens with zero attached hydrogens (tertiary/aromatic N) is 1. The van der Waals surface area contributed by atoms with Gasteiger partial charge < -0.3 is 20.1 Å². The van der Waals surface area contributed by atoms with Gasteiger partial charge in [-0.25, -0.2) is 4.79 Å². The number of thioether (sulfide) groups is 1. The number of carboxylic acid groups (broad SMARTS) is 1. The molecule has 2 saturated heterocycles. The van der Waals surface area contributed by atoms with Crippen molar-refractivity contribution in [2.75, 3.05) is 12.9 Å². The molecule has 7 nitrogen and oxygen atoms in total. The normalized spacial score (nSPS) is 29.0. The zero-order chi connectivity index (χ0) is 17.5. The summed E-state index contributed by atoms with van der Waals surface area (Å²) in [7, 11) is 1.33. The standard InChI is InChI=1S/C15H16N2O5S2/c1-8-7-24-14-15(22-2,13(21)17(14)11(8)12(19)20)16-10(18)6-9-4-3-5-23-9/h3-5,11,14H,1,6-7H2,2H3,(H,16,18)(H,19,20)/t11?,14-,15?/m0/s1. The van der Waals surface area contributed by atoms with Crippen molar-refractivity contribution in [2.24, 2.45) is 0 Å². The summed E-state index contributed by atoms with van der Waals surface area (Å²) >= 11 is 2.78. The fourth-order valence-electron chi connectivity index (χ4n) is 2.92. The molecule has 0 saturated carbocycles. The topological polar surface area (TPSA) is 95.9 Å². The maximum absolute atomic E-state index is 12.6. The van der Waals surface area contributed by atoms with Gasteiger partial charge in [-0.3, -0.25) is 9.59 Å². The van der Waals surface area contributed by atoms with Gasteiger partial charge in [-0.1, -0.05) is 12.6 Å². The molecule has 2 N–H and O–H groups in total. The molecule has 0 radical (unpaired) electrons. The van der Waals surface area contributed by atoms with Crippen LogP contribution < -0.4 is 5.32 Å². The number of rotatable bonds is 5. The first-order chi connectivity index (χ1) is 11.4. The molecule has 2 amide bonds. The number of fused-ring (bicyclic) bond motifs is 1. The molecule has 0 aromatic carbocycles. The largest absolute Gasteiger partial charge is 0.479 e. The van der Waals surface area contributed by atoms with E-state index < -0.39 is 29.0 Å². The minimum atomic E-state index is -1.52. The molecule has 0 aliphatic carbocycles. The van der Waals surface area contributed by atoms with Crippen LogP contribution in [0.4, 0.5) is 0 Å². The highest BCUT2D eigenvalue weighted by Crippen LogP contribution is 2.46. The Kier molecular flexibility index (Phi) is 4.41. The Morgan fingerprint density at radius 1 is 1.58 bits per heavy atom. The lowest BCUT2D eigenvalue weighted by atomic mass is 9.94. The Balaban J connectivity index is 1.78. The lowest BCUT2D eigenvalue weighted by Crippen LogP contribution is -2.83. The number of carbonyl (C=O) groups excluding carboxylic acids is 2. The molecular weight excluding hydrogens is 352 g/mol. The van der Waals surface area contributed by atoms with Crippen LogP contribution >= 0.6 is 23.1 Å². The summed E-state index contributed by atoms with van der Waals surface area (Å²) in [4.78, 5) is 38.4. The van der Waals surface area contributed by atoms with Crippen molar-refractivity contribution in [3.63, 3.8) is 0 Å². The third-order valence-corrected chi connectivity index (χ3v) is 6.33. The summed E-state index contributed by atoms with van der Waals surface area (Å²) in [6.07, 6.45) is 0.141.